The molecule has 39 heavy (non-hydrogen) atoms. The van der Waals surface area contributed by atoms with E-state index in [1.54, 1.807) is 46.1 Å². The number of aromatic hydroxyl groups is 1. The lowest BCUT2D eigenvalue weighted by molar-refractivity contribution is -0.181. The Bertz CT molecular complexity index is 1260. The van der Waals surface area contributed by atoms with Gasteiger partial charge < -0.3 is 31.3 Å². The van der Waals surface area contributed by atoms with E-state index in [0.717, 1.165) is 0 Å². The molecule has 7 atom stereocenters. The first-order valence-corrected chi connectivity index (χ1v) is 13.0. The number of amides is 1. The number of primary amides is 1. The first-order chi connectivity index (χ1) is 18.2. The summed E-state index contributed by atoms with van der Waals surface area (Å²) < 4.78 is 0. The van der Waals surface area contributed by atoms with Gasteiger partial charge in [-0.2, -0.15) is 0 Å². The number of nitrogens with zero attached hydrogens (tertiary/aromatic N) is 2. The van der Waals surface area contributed by atoms with Crippen molar-refractivity contribution in [3.63, 3.8) is 0 Å². The maximum atomic E-state index is 14.0. The molecular formula is C27H36N4O8. The number of carbonyl (C=O) groups excluding carboxylic acids is 5. The van der Waals surface area contributed by atoms with E-state index in [1.807, 2.05) is 0 Å². The predicted molar refractivity (Wildman–Crippen MR) is 140 cm³/mol. The quantitative estimate of drug-likeness (QED) is 0.211. The Labute approximate surface area is 226 Å². The second-order valence-electron chi connectivity index (χ2n) is 11.3. The van der Waals surface area contributed by atoms with Crippen molar-refractivity contribution in [3.8, 4) is 5.75 Å². The van der Waals surface area contributed by atoms with Gasteiger partial charge >= 0.3 is 0 Å². The zero-order chi connectivity index (χ0) is 29.1. The third kappa shape index (κ3) is 4.21. The largest absolute Gasteiger partial charge is 0.505 e. The van der Waals surface area contributed by atoms with Crippen LogP contribution in [-0.2, 0) is 25.6 Å². The molecule has 0 spiro atoms. The third-order valence-corrected chi connectivity index (χ3v) is 8.52. The minimum atomic E-state index is -2.77. The van der Waals surface area contributed by atoms with Gasteiger partial charge in [0.1, 0.15) is 5.75 Å². The monoisotopic (exact) mass is 544 g/mol. The molecule has 3 unspecified atom stereocenters. The van der Waals surface area contributed by atoms with Gasteiger partial charge in [-0.15, -0.1) is 0 Å². The number of phenols is 1. The Morgan fingerprint density at radius 2 is 1.82 bits per heavy atom. The summed E-state index contributed by atoms with van der Waals surface area (Å²) >= 11 is 0. The number of Topliss-reactive ketones (excluding diaryl/α,β-unsaturated/α-hetero) is 4. The number of aliphatic hydroxyl groups is 2. The van der Waals surface area contributed by atoms with E-state index >= 15 is 0 Å². The molecule has 12 heteroatoms. The van der Waals surface area contributed by atoms with Crippen molar-refractivity contribution in [2.45, 2.75) is 43.9 Å². The molecule has 2 fully saturated rings. The summed E-state index contributed by atoms with van der Waals surface area (Å²) in [5.74, 6) is -10.9. The summed E-state index contributed by atoms with van der Waals surface area (Å²) in [6, 6.07) is 0.517. The molecule has 6 N–H and O–H groups in total. The minimum absolute atomic E-state index is 0.0137. The molecule has 0 radical (unpaired) electrons. The second kappa shape index (κ2) is 10.00. The van der Waals surface area contributed by atoms with Gasteiger partial charge in [-0.05, 0) is 50.9 Å². The van der Waals surface area contributed by atoms with Gasteiger partial charge in [-0.1, -0.05) is 6.92 Å². The maximum Gasteiger partial charge on any atom is 0.235 e. The lowest BCUT2D eigenvalue weighted by atomic mass is 9.52. The van der Waals surface area contributed by atoms with Crippen molar-refractivity contribution in [1.29, 1.82) is 0 Å². The number of hydrogen-bond donors (Lipinski definition) is 5. The van der Waals surface area contributed by atoms with Crippen molar-refractivity contribution in [2.75, 3.05) is 45.0 Å². The number of hydrogen-bond acceptors (Lipinski definition) is 11. The van der Waals surface area contributed by atoms with Gasteiger partial charge in [0.05, 0.1) is 29.3 Å². The van der Waals surface area contributed by atoms with Gasteiger partial charge in [0, 0.05) is 32.2 Å². The van der Waals surface area contributed by atoms with Crippen LogP contribution in [-0.4, -0.2) is 102 Å². The van der Waals surface area contributed by atoms with Gasteiger partial charge in [-0.25, -0.2) is 0 Å². The molecule has 0 aromatic heterocycles. The molecule has 3 aliphatic carbocycles. The van der Waals surface area contributed by atoms with E-state index < -0.39 is 76.2 Å². The highest BCUT2D eigenvalue weighted by atomic mass is 16.3. The Morgan fingerprint density at radius 1 is 1.18 bits per heavy atom. The average molecular weight is 545 g/mol. The van der Waals surface area contributed by atoms with Gasteiger partial charge in [0.25, 0.3) is 0 Å². The van der Waals surface area contributed by atoms with E-state index in [1.165, 1.54) is 4.90 Å². The van der Waals surface area contributed by atoms with Crippen LogP contribution < -0.4 is 16.0 Å². The summed E-state index contributed by atoms with van der Waals surface area (Å²) in [5, 5.41) is 35.8. The van der Waals surface area contributed by atoms with E-state index in [9.17, 15) is 39.3 Å². The molecule has 1 aromatic carbocycles. The van der Waals surface area contributed by atoms with Gasteiger partial charge in [-0.3, -0.25) is 28.9 Å². The van der Waals surface area contributed by atoms with Crippen LogP contribution in [0.25, 0.3) is 0 Å². The van der Waals surface area contributed by atoms with Gasteiger partial charge in [0.2, 0.25) is 5.91 Å². The molecular weight excluding hydrogens is 508 g/mol. The van der Waals surface area contributed by atoms with E-state index in [-0.39, 0.29) is 30.6 Å². The molecule has 0 saturated heterocycles. The molecule has 0 heterocycles. The molecule has 1 aromatic rings. The molecule has 0 bridgehead atoms. The molecule has 12 nitrogen and oxygen atoms in total. The number of anilines is 2. The number of nitrogens with two attached hydrogens (primary N) is 1. The topological polar surface area (TPSA) is 191 Å². The summed E-state index contributed by atoms with van der Waals surface area (Å²) in [4.78, 5) is 69.8. The summed E-state index contributed by atoms with van der Waals surface area (Å²) in [6.07, 6.45) is -0.0740. The van der Waals surface area contributed by atoms with Crippen molar-refractivity contribution in [2.24, 2.45) is 29.4 Å². The fraction of sp³-hybridized carbons (Fsp3) is 0.593. The molecule has 212 valence electrons. The standard InChI is InChI=1S/C27H36N4O8/c1-6-12(32)10-29-15-9-16(30(2)3)13-7-11-8-14-20(31(4)5)23(35)19(26(28)38)25(37)27(14,39)24(36)17(11)22(34)18(13)21(15)33/h9,11-12,14,17,19-20,29,32-33,39H,6-8,10H2,1-5H3,(H2,28,38)/t11-,12?,14-,17?,19?,20-,27-/m0/s1. The Kier molecular flexibility index (Phi) is 7.34. The highest BCUT2D eigenvalue weighted by Gasteiger charge is 2.69. The van der Waals surface area contributed by atoms with E-state index in [0.29, 0.717) is 17.7 Å². The number of aliphatic hydroxyl groups excluding tert-OH is 1. The van der Waals surface area contributed by atoms with Crippen molar-refractivity contribution in [3.05, 3.63) is 17.2 Å². The predicted octanol–water partition coefficient (Wildman–Crippen LogP) is -0.884. The van der Waals surface area contributed by atoms with Crippen LogP contribution in [0.15, 0.2) is 6.07 Å². The number of likely N-dealkylation sites (N-methyl/N-ethyl adjacent to an activating group) is 1. The number of phenolic OH excluding ortho intramolecular Hbond substituents is 1. The highest BCUT2D eigenvalue weighted by molar-refractivity contribution is 6.32. The average Bonchev–Trinajstić information content (AvgIpc) is 2.84. The number of fused-ring (bicyclic) bond motifs is 3. The summed E-state index contributed by atoms with van der Waals surface area (Å²) in [6.45, 7) is 1.91. The second-order valence-corrected chi connectivity index (χ2v) is 11.3. The summed E-state index contributed by atoms with van der Waals surface area (Å²) in [5.41, 5.74) is 3.80. The van der Waals surface area contributed by atoms with Crippen LogP contribution in [0.5, 0.6) is 5.75 Å². The number of benzene rings is 1. The Hall–Kier alpha value is -3.35. The van der Waals surface area contributed by atoms with Crippen LogP contribution in [0.3, 0.4) is 0 Å². The normalized spacial score (nSPS) is 30.9. The minimum Gasteiger partial charge on any atom is -0.505 e. The van der Waals surface area contributed by atoms with Crippen molar-refractivity contribution < 1.29 is 39.3 Å². The summed E-state index contributed by atoms with van der Waals surface area (Å²) in [7, 11) is 6.62. The highest BCUT2D eigenvalue weighted by Crippen LogP contribution is 2.52. The van der Waals surface area contributed by atoms with Crippen LogP contribution in [0.1, 0.15) is 35.7 Å². The maximum absolute atomic E-state index is 14.0. The molecule has 2 saturated carbocycles. The lowest BCUT2D eigenvalue weighted by Gasteiger charge is -2.52. The van der Waals surface area contributed by atoms with E-state index in [4.69, 9.17) is 5.73 Å². The molecule has 3 aliphatic rings. The fourth-order valence-corrected chi connectivity index (χ4v) is 6.56. The number of carbonyl (C=O) groups is 5. The zero-order valence-electron chi connectivity index (χ0n) is 22.7. The number of nitrogens with one attached hydrogen (secondary N) is 1. The van der Waals surface area contributed by atoms with Crippen LogP contribution >= 0.6 is 0 Å². The Morgan fingerprint density at radius 3 is 2.36 bits per heavy atom. The zero-order valence-corrected chi connectivity index (χ0v) is 22.7. The van der Waals surface area contributed by atoms with Crippen LogP contribution in [0.2, 0.25) is 0 Å². The lowest BCUT2D eigenvalue weighted by Crippen LogP contribution is -2.74. The van der Waals surface area contributed by atoms with Gasteiger partial charge in [0.15, 0.2) is 34.7 Å². The van der Waals surface area contributed by atoms with Crippen molar-refractivity contribution >= 4 is 40.4 Å². The third-order valence-electron chi connectivity index (χ3n) is 8.52. The SMILES string of the molecule is CCC(O)CNc1cc(N(C)C)c2c(c1O)C(=O)C1C(=O)[C@]3(O)C(=O)C(C(N)=O)C(=O)[C@@H](N(C)C)[C@@H]3C[C@@H]1C2. The number of ketones is 4. The number of rotatable bonds is 7. The molecule has 4 rings (SSSR count). The first kappa shape index (κ1) is 28.7. The Balaban J connectivity index is 1.85. The van der Waals surface area contributed by atoms with Crippen LogP contribution in [0.4, 0.5) is 11.4 Å². The van der Waals surface area contributed by atoms with E-state index in [2.05, 4.69) is 5.32 Å². The fourth-order valence-electron chi connectivity index (χ4n) is 6.56. The molecule has 1 amide bonds. The molecule has 0 aliphatic heterocycles. The smallest absolute Gasteiger partial charge is 0.235 e. The van der Waals surface area contributed by atoms with Crippen molar-refractivity contribution in [1.82, 2.24) is 4.90 Å². The first-order valence-electron chi connectivity index (χ1n) is 13.0. The van der Waals surface area contributed by atoms with Crippen LogP contribution in [0, 0.1) is 23.7 Å².